The van der Waals surface area contributed by atoms with Crippen molar-refractivity contribution < 1.29 is 14.3 Å². The van der Waals surface area contributed by atoms with Crippen molar-refractivity contribution >= 4 is 5.91 Å². The van der Waals surface area contributed by atoms with Crippen molar-refractivity contribution in [3.63, 3.8) is 0 Å². The molecule has 0 spiro atoms. The van der Waals surface area contributed by atoms with E-state index in [2.05, 4.69) is 10.4 Å². The molecule has 0 bridgehead atoms. The van der Waals surface area contributed by atoms with Crippen molar-refractivity contribution in [1.82, 2.24) is 15.1 Å². The molecule has 1 amide bonds. The van der Waals surface area contributed by atoms with Gasteiger partial charge in [-0.3, -0.25) is 4.79 Å². The molecule has 0 saturated heterocycles. The van der Waals surface area contributed by atoms with E-state index in [-0.39, 0.29) is 18.3 Å². The molecule has 5 nitrogen and oxygen atoms in total. The van der Waals surface area contributed by atoms with Gasteiger partial charge in [-0.15, -0.1) is 0 Å². The smallest absolute Gasteiger partial charge is 0.254 e. The Labute approximate surface area is 134 Å². The number of amides is 1. The Morgan fingerprint density at radius 3 is 2.74 bits per heavy atom. The molecule has 0 unspecified atom stereocenters. The van der Waals surface area contributed by atoms with Gasteiger partial charge in [0.15, 0.2) is 0 Å². The van der Waals surface area contributed by atoms with Crippen LogP contribution in [0.4, 0.5) is 4.39 Å². The first-order chi connectivity index (χ1) is 11.1. The number of carbonyl (C=O) groups excluding carboxylic acids is 1. The average molecular weight is 317 g/mol. The fourth-order valence-electron chi connectivity index (χ4n) is 2.65. The largest absolute Gasteiger partial charge is 0.391 e. The minimum atomic E-state index is -0.476. The number of aliphatic hydroxyl groups excluding tert-OH is 1. The first-order valence-corrected chi connectivity index (χ1v) is 7.89. The fraction of sp³-hybridized carbons (Fsp3) is 0.412. The zero-order valence-electron chi connectivity index (χ0n) is 13.0. The number of nitrogens with one attached hydrogen (secondary N) is 1. The average Bonchev–Trinajstić information content (AvgIpc) is 3.32. The van der Waals surface area contributed by atoms with Crippen LogP contribution in [0.15, 0.2) is 30.5 Å². The van der Waals surface area contributed by atoms with Gasteiger partial charge in [0.1, 0.15) is 5.82 Å². The summed E-state index contributed by atoms with van der Waals surface area (Å²) >= 11 is 0. The lowest BCUT2D eigenvalue weighted by atomic mass is 10.1. The summed E-state index contributed by atoms with van der Waals surface area (Å²) in [4.78, 5) is 12.3. The lowest BCUT2D eigenvalue weighted by molar-refractivity contribution is 0.0900. The van der Waals surface area contributed by atoms with E-state index >= 15 is 0 Å². The highest BCUT2D eigenvalue weighted by Gasteiger charge is 2.30. The highest BCUT2D eigenvalue weighted by molar-refractivity contribution is 5.95. The van der Waals surface area contributed by atoms with E-state index in [0.717, 1.165) is 18.5 Å². The molecule has 0 radical (unpaired) electrons. The second-order valence-electron chi connectivity index (χ2n) is 5.86. The Bertz CT molecular complexity index is 692. The summed E-state index contributed by atoms with van der Waals surface area (Å²) < 4.78 is 14.7. The van der Waals surface area contributed by atoms with Gasteiger partial charge in [0.05, 0.1) is 29.2 Å². The van der Waals surface area contributed by atoms with Crippen LogP contribution in [0, 0.1) is 11.7 Å². The molecule has 1 aromatic heterocycles. The van der Waals surface area contributed by atoms with Crippen LogP contribution >= 0.6 is 0 Å². The van der Waals surface area contributed by atoms with Crippen LogP contribution < -0.4 is 5.32 Å². The zero-order valence-corrected chi connectivity index (χ0v) is 13.0. The van der Waals surface area contributed by atoms with Crippen molar-refractivity contribution in [2.24, 2.45) is 5.92 Å². The second-order valence-corrected chi connectivity index (χ2v) is 5.86. The number of halogens is 1. The normalized spacial score (nSPS) is 15.4. The van der Waals surface area contributed by atoms with Crippen LogP contribution in [-0.4, -0.2) is 33.4 Å². The summed E-state index contributed by atoms with van der Waals surface area (Å²) in [6, 6.07) is 5.98. The van der Waals surface area contributed by atoms with Crippen LogP contribution in [0.1, 0.15) is 35.8 Å². The molecule has 2 N–H and O–H groups in total. The first kappa shape index (κ1) is 15.7. The molecule has 23 heavy (non-hydrogen) atoms. The van der Waals surface area contributed by atoms with E-state index in [4.69, 9.17) is 0 Å². The minimum absolute atomic E-state index is 0.241. The maximum absolute atomic E-state index is 13.0. The second kappa shape index (κ2) is 6.50. The highest BCUT2D eigenvalue weighted by Crippen LogP contribution is 2.32. The van der Waals surface area contributed by atoms with Crippen molar-refractivity contribution in [1.29, 1.82) is 0 Å². The first-order valence-electron chi connectivity index (χ1n) is 7.89. The SMILES string of the molecule is CCc1c(C(=O)NC[C@H](O)C2CC2)cnn1-c1ccc(F)cc1. The van der Waals surface area contributed by atoms with Gasteiger partial charge in [-0.05, 0) is 49.4 Å². The molecule has 1 saturated carbocycles. The minimum Gasteiger partial charge on any atom is -0.391 e. The Morgan fingerprint density at radius 1 is 1.43 bits per heavy atom. The number of rotatable bonds is 6. The summed E-state index contributed by atoms with van der Waals surface area (Å²) in [5.41, 5.74) is 1.95. The van der Waals surface area contributed by atoms with Crippen LogP contribution in [0.5, 0.6) is 0 Å². The Balaban J connectivity index is 1.77. The van der Waals surface area contributed by atoms with Gasteiger partial charge in [-0.1, -0.05) is 6.92 Å². The quantitative estimate of drug-likeness (QED) is 0.857. The van der Waals surface area contributed by atoms with Gasteiger partial charge < -0.3 is 10.4 Å². The molecule has 1 fully saturated rings. The van der Waals surface area contributed by atoms with Crippen LogP contribution in [0.2, 0.25) is 0 Å². The van der Waals surface area contributed by atoms with Crippen molar-refractivity contribution in [3.05, 3.63) is 47.5 Å². The number of aromatic nitrogens is 2. The van der Waals surface area contributed by atoms with Crippen LogP contribution in [-0.2, 0) is 6.42 Å². The number of carbonyl (C=O) groups is 1. The zero-order chi connectivity index (χ0) is 16.4. The number of hydrogen-bond acceptors (Lipinski definition) is 3. The number of nitrogens with zero attached hydrogens (tertiary/aromatic N) is 2. The van der Waals surface area contributed by atoms with Gasteiger partial charge >= 0.3 is 0 Å². The lowest BCUT2D eigenvalue weighted by Gasteiger charge is -2.11. The number of aliphatic hydroxyl groups is 1. The molecule has 1 aliphatic rings. The molecule has 3 rings (SSSR count). The van der Waals surface area contributed by atoms with Gasteiger partial charge in [-0.2, -0.15) is 5.10 Å². The molecule has 1 aromatic carbocycles. The Kier molecular flexibility index (Phi) is 4.43. The summed E-state index contributed by atoms with van der Waals surface area (Å²) in [6.45, 7) is 2.20. The van der Waals surface area contributed by atoms with Crippen molar-refractivity contribution in [3.8, 4) is 5.69 Å². The van der Waals surface area contributed by atoms with E-state index in [1.54, 1.807) is 16.8 Å². The molecule has 6 heteroatoms. The van der Waals surface area contributed by atoms with Crippen LogP contribution in [0.3, 0.4) is 0 Å². The summed E-state index contributed by atoms with van der Waals surface area (Å²) in [7, 11) is 0. The van der Waals surface area contributed by atoms with Gasteiger partial charge in [0.25, 0.3) is 5.91 Å². The third-order valence-corrected chi connectivity index (χ3v) is 4.16. The van der Waals surface area contributed by atoms with Crippen molar-refractivity contribution in [2.75, 3.05) is 6.54 Å². The Morgan fingerprint density at radius 2 is 2.13 bits per heavy atom. The third-order valence-electron chi connectivity index (χ3n) is 4.16. The van der Waals surface area contributed by atoms with E-state index in [9.17, 15) is 14.3 Å². The molecular weight excluding hydrogens is 297 g/mol. The maximum Gasteiger partial charge on any atom is 0.254 e. The molecule has 2 aromatic rings. The van der Waals surface area contributed by atoms with E-state index in [1.807, 2.05) is 6.92 Å². The predicted octanol–water partition coefficient (Wildman–Crippen LogP) is 2.07. The molecule has 1 heterocycles. The summed E-state index contributed by atoms with van der Waals surface area (Å²) in [6.07, 6.45) is 3.71. The maximum atomic E-state index is 13.0. The van der Waals surface area contributed by atoms with Gasteiger partial charge in [-0.25, -0.2) is 9.07 Å². The number of benzene rings is 1. The third kappa shape index (κ3) is 3.42. The van der Waals surface area contributed by atoms with E-state index in [1.165, 1.54) is 18.3 Å². The van der Waals surface area contributed by atoms with Gasteiger partial charge in [0, 0.05) is 6.54 Å². The number of hydrogen-bond donors (Lipinski definition) is 2. The molecular formula is C17H20FN3O2. The molecule has 1 aliphatic carbocycles. The molecule has 122 valence electrons. The van der Waals surface area contributed by atoms with Crippen molar-refractivity contribution in [2.45, 2.75) is 32.3 Å². The summed E-state index contributed by atoms with van der Waals surface area (Å²) in [5.74, 6) is -0.233. The lowest BCUT2D eigenvalue weighted by Crippen LogP contribution is -2.33. The fourth-order valence-corrected chi connectivity index (χ4v) is 2.65. The van der Waals surface area contributed by atoms with E-state index < -0.39 is 6.10 Å². The highest BCUT2D eigenvalue weighted by atomic mass is 19.1. The monoisotopic (exact) mass is 317 g/mol. The topological polar surface area (TPSA) is 67.2 Å². The van der Waals surface area contributed by atoms with Gasteiger partial charge in [0.2, 0.25) is 0 Å². The summed E-state index contributed by atoms with van der Waals surface area (Å²) in [5, 5.41) is 16.9. The molecule has 0 aliphatic heterocycles. The Hall–Kier alpha value is -2.21. The van der Waals surface area contributed by atoms with E-state index in [0.29, 0.717) is 23.6 Å². The predicted molar refractivity (Wildman–Crippen MR) is 84.0 cm³/mol. The molecule has 1 atom stereocenters. The van der Waals surface area contributed by atoms with Crippen LogP contribution in [0.25, 0.3) is 5.69 Å². The standard InChI is InChI=1S/C17H20FN3O2/c1-2-15-14(17(23)19-10-16(22)11-3-4-11)9-20-21(15)13-7-5-12(18)6-8-13/h5-9,11,16,22H,2-4,10H2,1H3,(H,19,23)/t16-/m0/s1.